The van der Waals surface area contributed by atoms with Gasteiger partial charge in [0.2, 0.25) is 5.91 Å². The fourth-order valence-corrected chi connectivity index (χ4v) is 4.22. The van der Waals surface area contributed by atoms with Gasteiger partial charge in [0, 0.05) is 19.3 Å². The quantitative estimate of drug-likeness (QED) is 0.756. The number of urea groups is 1. The number of benzene rings is 2. The number of aromatic nitrogens is 1. The molecule has 1 aromatic heterocycles. The van der Waals surface area contributed by atoms with Gasteiger partial charge >= 0.3 is 6.03 Å². The third kappa shape index (κ3) is 3.64. The van der Waals surface area contributed by atoms with Gasteiger partial charge in [-0.25, -0.2) is 9.78 Å². The SMILES string of the molecule is CN(Cc1nc2ccccc2s1)C(=O)N[C@@H]1CCN(c2ccccc2)C1=O. The summed E-state index contributed by atoms with van der Waals surface area (Å²) >= 11 is 1.58. The van der Waals surface area contributed by atoms with Crippen LogP contribution in [0.5, 0.6) is 0 Å². The highest BCUT2D eigenvalue weighted by Crippen LogP contribution is 2.23. The van der Waals surface area contributed by atoms with Gasteiger partial charge in [-0.05, 0) is 30.7 Å². The van der Waals surface area contributed by atoms with E-state index in [2.05, 4.69) is 10.3 Å². The van der Waals surface area contributed by atoms with Gasteiger partial charge in [0.15, 0.2) is 0 Å². The summed E-state index contributed by atoms with van der Waals surface area (Å²) in [6, 6.07) is 16.7. The van der Waals surface area contributed by atoms with Crippen molar-refractivity contribution in [3.05, 3.63) is 59.6 Å². The molecule has 1 aliphatic heterocycles. The van der Waals surface area contributed by atoms with E-state index in [1.54, 1.807) is 28.2 Å². The first kappa shape index (κ1) is 17.5. The summed E-state index contributed by atoms with van der Waals surface area (Å²) < 4.78 is 1.10. The number of hydrogen-bond donors (Lipinski definition) is 1. The first-order valence-corrected chi connectivity index (χ1v) is 9.66. The molecule has 27 heavy (non-hydrogen) atoms. The number of fused-ring (bicyclic) bond motifs is 1. The Morgan fingerprint density at radius 1 is 1.22 bits per heavy atom. The number of nitrogens with zero attached hydrogens (tertiary/aromatic N) is 3. The Hall–Kier alpha value is -2.93. The molecule has 7 heteroatoms. The maximum Gasteiger partial charge on any atom is 0.318 e. The predicted molar refractivity (Wildman–Crippen MR) is 107 cm³/mol. The standard InChI is InChI=1S/C20H20N4O2S/c1-23(13-18-21-15-9-5-6-10-17(15)27-18)20(26)22-16-11-12-24(19(16)25)14-7-3-2-4-8-14/h2-10,16H,11-13H2,1H3,(H,22,26)/t16-/m1/s1. The van der Waals surface area contributed by atoms with Crippen LogP contribution >= 0.6 is 11.3 Å². The molecule has 6 nitrogen and oxygen atoms in total. The van der Waals surface area contributed by atoms with E-state index in [-0.39, 0.29) is 11.9 Å². The molecule has 1 fully saturated rings. The van der Waals surface area contributed by atoms with Crippen molar-refractivity contribution in [3.8, 4) is 0 Å². The lowest BCUT2D eigenvalue weighted by Gasteiger charge is -2.20. The minimum Gasteiger partial charge on any atom is -0.326 e. The van der Waals surface area contributed by atoms with Crippen LogP contribution in [0.25, 0.3) is 10.2 Å². The number of amides is 3. The highest BCUT2D eigenvalue weighted by atomic mass is 32.1. The lowest BCUT2D eigenvalue weighted by atomic mass is 10.2. The van der Waals surface area contributed by atoms with Gasteiger partial charge in [-0.3, -0.25) is 4.79 Å². The highest BCUT2D eigenvalue weighted by molar-refractivity contribution is 7.18. The van der Waals surface area contributed by atoms with Crippen LogP contribution in [0.1, 0.15) is 11.4 Å². The molecule has 1 saturated heterocycles. The van der Waals surface area contributed by atoms with E-state index in [9.17, 15) is 9.59 Å². The number of para-hydroxylation sites is 2. The predicted octanol–water partition coefficient (Wildman–Crippen LogP) is 3.24. The van der Waals surface area contributed by atoms with Gasteiger partial charge in [-0.1, -0.05) is 30.3 Å². The largest absolute Gasteiger partial charge is 0.326 e. The fraction of sp³-hybridized carbons (Fsp3) is 0.250. The van der Waals surface area contributed by atoms with Crippen molar-refractivity contribution in [2.24, 2.45) is 0 Å². The Morgan fingerprint density at radius 2 is 1.96 bits per heavy atom. The van der Waals surface area contributed by atoms with Crippen molar-refractivity contribution in [3.63, 3.8) is 0 Å². The number of rotatable bonds is 4. The summed E-state index contributed by atoms with van der Waals surface area (Å²) in [5.41, 5.74) is 1.80. The molecule has 3 amide bonds. The number of carbonyl (C=O) groups is 2. The number of thiazole rings is 1. The monoisotopic (exact) mass is 380 g/mol. The second-order valence-electron chi connectivity index (χ2n) is 6.55. The van der Waals surface area contributed by atoms with Crippen LogP contribution in [-0.2, 0) is 11.3 Å². The molecule has 1 atom stereocenters. The summed E-state index contributed by atoms with van der Waals surface area (Å²) in [5.74, 6) is -0.0667. The summed E-state index contributed by atoms with van der Waals surface area (Å²) in [5, 5.41) is 3.73. The zero-order chi connectivity index (χ0) is 18.8. The van der Waals surface area contributed by atoms with Crippen LogP contribution in [-0.4, -0.2) is 41.5 Å². The summed E-state index contributed by atoms with van der Waals surface area (Å²) in [7, 11) is 1.72. The summed E-state index contributed by atoms with van der Waals surface area (Å²) in [6.07, 6.45) is 0.606. The summed E-state index contributed by atoms with van der Waals surface area (Å²) in [6.45, 7) is 1.02. The smallest absolute Gasteiger partial charge is 0.318 e. The first-order valence-electron chi connectivity index (χ1n) is 8.84. The van der Waals surface area contributed by atoms with E-state index in [1.165, 1.54) is 0 Å². The lowest BCUT2D eigenvalue weighted by Crippen LogP contribution is -2.46. The van der Waals surface area contributed by atoms with Gasteiger partial charge in [-0.15, -0.1) is 11.3 Å². The molecular weight excluding hydrogens is 360 g/mol. The zero-order valence-corrected chi connectivity index (χ0v) is 15.8. The topological polar surface area (TPSA) is 65.5 Å². The normalized spacial score (nSPS) is 16.7. The number of nitrogens with one attached hydrogen (secondary N) is 1. The van der Waals surface area contributed by atoms with Gasteiger partial charge in [0.05, 0.1) is 16.8 Å². The Kier molecular flexibility index (Phi) is 4.77. The first-order chi connectivity index (χ1) is 13.1. The van der Waals surface area contributed by atoms with Crippen molar-refractivity contribution >= 4 is 39.2 Å². The molecule has 2 heterocycles. The zero-order valence-electron chi connectivity index (χ0n) is 15.0. The number of anilines is 1. The minimum atomic E-state index is -0.490. The molecule has 4 rings (SSSR count). The maximum absolute atomic E-state index is 12.6. The molecule has 138 valence electrons. The van der Waals surface area contributed by atoms with E-state index in [1.807, 2.05) is 54.6 Å². The second-order valence-corrected chi connectivity index (χ2v) is 7.66. The molecule has 1 N–H and O–H groups in total. The Morgan fingerprint density at radius 3 is 2.74 bits per heavy atom. The Labute approximate surface area is 161 Å². The van der Waals surface area contributed by atoms with E-state index >= 15 is 0 Å². The lowest BCUT2D eigenvalue weighted by molar-refractivity contribution is -0.118. The molecule has 0 radical (unpaired) electrons. The molecule has 3 aromatic rings. The average molecular weight is 380 g/mol. The van der Waals surface area contributed by atoms with E-state index in [0.29, 0.717) is 19.5 Å². The van der Waals surface area contributed by atoms with E-state index in [4.69, 9.17) is 0 Å². The molecule has 0 bridgehead atoms. The Balaban J connectivity index is 1.37. The molecule has 0 aliphatic carbocycles. The molecule has 0 saturated carbocycles. The summed E-state index contributed by atoms with van der Waals surface area (Å²) in [4.78, 5) is 33.0. The van der Waals surface area contributed by atoms with E-state index in [0.717, 1.165) is 20.9 Å². The van der Waals surface area contributed by atoms with Crippen LogP contribution in [0, 0.1) is 0 Å². The molecule has 0 unspecified atom stereocenters. The van der Waals surface area contributed by atoms with E-state index < -0.39 is 6.04 Å². The van der Waals surface area contributed by atoms with Crippen LogP contribution in [0.4, 0.5) is 10.5 Å². The third-order valence-electron chi connectivity index (χ3n) is 4.63. The van der Waals surface area contributed by atoms with Gasteiger partial charge in [0.25, 0.3) is 0 Å². The van der Waals surface area contributed by atoms with Crippen LogP contribution < -0.4 is 10.2 Å². The molecule has 2 aromatic carbocycles. The van der Waals surface area contributed by atoms with Gasteiger partial charge in [-0.2, -0.15) is 0 Å². The van der Waals surface area contributed by atoms with Crippen LogP contribution in [0.15, 0.2) is 54.6 Å². The average Bonchev–Trinajstić information content (AvgIpc) is 3.25. The second kappa shape index (κ2) is 7.36. The number of carbonyl (C=O) groups excluding carboxylic acids is 2. The van der Waals surface area contributed by atoms with Crippen molar-refractivity contribution in [2.45, 2.75) is 19.0 Å². The van der Waals surface area contributed by atoms with Gasteiger partial charge < -0.3 is 15.1 Å². The Bertz CT molecular complexity index is 939. The van der Waals surface area contributed by atoms with Crippen molar-refractivity contribution in [1.29, 1.82) is 0 Å². The maximum atomic E-state index is 12.6. The van der Waals surface area contributed by atoms with Crippen LogP contribution in [0.2, 0.25) is 0 Å². The van der Waals surface area contributed by atoms with Crippen LogP contribution in [0.3, 0.4) is 0 Å². The third-order valence-corrected chi connectivity index (χ3v) is 5.65. The van der Waals surface area contributed by atoms with Crippen molar-refractivity contribution < 1.29 is 9.59 Å². The minimum absolute atomic E-state index is 0.0667. The number of hydrogen-bond acceptors (Lipinski definition) is 4. The van der Waals surface area contributed by atoms with Crippen molar-refractivity contribution in [2.75, 3.05) is 18.5 Å². The molecular formula is C20H20N4O2S. The fourth-order valence-electron chi connectivity index (χ4n) is 3.20. The van der Waals surface area contributed by atoms with Gasteiger partial charge in [0.1, 0.15) is 11.0 Å². The molecule has 1 aliphatic rings. The molecule has 0 spiro atoms. The highest BCUT2D eigenvalue weighted by Gasteiger charge is 2.34. The van der Waals surface area contributed by atoms with Crippen molar-refractivity contribution in [1.82, 2.24) is 15.2 Å².